The summed E-state index contributed by atoms with van der Waals surface area (Å²) in [6.07, 6.45) is -1.09. The highest BCUT2D eigenvalue weighted by atomic mass is 19.1. The van der Waals surface area contributed by atoms with E-state index in [-0.39, 0.29) is 12.1 Å². The molecule has 2 heterocycles. The summed E-state index contributed by atoms with van der Waals surface area (Å²) in [6, 6.07) is 10.3. The number of nitrogens with zero attached hydrogens (tertiary/aromatic N) is 1. The van der Waals surface area contributed by atoms with E-state index in [1.807, 2.05) is 0 Å². The zero-order chi connectivity index (χ0) is 26.4. The number of imide groups is 1. The molecule has 11 heteroatoms. The highest BCUT2D eigenvalue weighted by Crippen LogP contribution is 2.23. The molecule has 4 amide bonds. The molecule has 2 aromatic rings. The summed E-state index contributed by atoms with van der Waals surface area (Å²) < 4.78 is 18.7. The lowest BCUT2D eigenvalue weighted by Crippen LogP contribution is -2.52. The lowest BCUT2D eigenvalue weighted by atomic mass is 9.87. The molecule has 190 valence electrons. The highest BCUT2D eigenvalue weighted by molar-refractivity contribution is 6.16. The van der Waals surface area contributed by atoms with Crippen LogP contribution in [-0.2, 0) is 23.9 Å². The molecule has 3 rings (SSSR count). The van der Waals surface area contributed by atoms with Crippen molar-refractivity contribution < 1.29 is 33.1 Å². The molecule has 1 aliphatic rings. The number of methoxy groups -OCH3 is 1. The van der Waals surface area contributed by atoms with Crippen LogP contribution >= 0.6 is 0 Å². The molecule has 5 atom stereocenters. The van der Waals surface area contributed by atoms with Gasteiger partial charge in [-0.3, -0.25) is 29.3 Å². The average Bonchev–Trinajstić information content (AvgIpc) is 3.12. The molecule has 10 nitrogen and oxygen atoms in total. The van der Waals surface area contributed by atoms with Gasteiger partial charge in [0.15, 0.2) is 5.78 Å². The van der Waals surface area contributed by atoms with E-state index >= 15 is 0 Å². The van der Waals surface area contributed by atoms with Crippen LogP contribution in [0.15, 0.2) is 48.5 Å². The number of carbonyl (C=O) groups excluding carboxylic acids is 5. The van der Waals surface area contributed by atoms with E-state index in [1.165, 1.54) is 26.2 Å². The van der Waals surface area contributed by atoms with Crippen LogP contribution in [-0.4, -0.2) is 53.7 Å². The average molecular weight is 499 g/mol. The van der Waals surface area contributed by atoms with Gasteiger partial charge in [-0.2, -0.15) is 4.39 Å². The number of Topliss-reactive ketones (excluding diaryl/α,β-unsaturated/α-hetero) is 1. The summed E-state index contributed by atoms with van der Waals surface area (Å²) in [4.78, 5) is 66.6. The molecule has 1 aromatic carbocycles. The van der Waals surface area contributed by atoms with E-state index in [2.05, 4.69) is 20.9 Å². The Bertz CT molecular complexity index is 1160. The molecule has 0 saturated carbocycles. The van der Waals surface area contributed by atoms with Gasteiger partial charge >= 0.3 is 0 Å². The van der Waals surface area contributed by atoms with Crippen LogP contribution in [0.3, 0.4) is 0 Å². The SMILES string of the molecule is COC(C)C(NC(=O)C[C@H](NC(=O)c1cccc(F)n1)c1ccccc1)C(=O)[C@@H]1C(=O)NC(=O)[C@H]1C. The molecule has 3 N–H and O–H groups in total. The van der Waals surface area contributed by atoms with Crippen LogP contribution in [0.2, 0.25) is 0 Å². The summed E-state index contributed by atoms with van der Waals surface area (Å²) in [5, 5.41) is 7.39. The van der Waals surface area contributed by atoms with Gasteiger partial charge in [0.05, 0.1) is 24.5 Å². The monoisotopic (exact) mass is 498 g/mol. The van der Waals surface area contributed by atoms with Crippen molar-refractivity contribution >= 4 is 29.4 Å². The van der Waals surface area contributed by atoms with Crippen molar-refractivity contribution in [3.8, 4) is 0 Å². The Labute approximate surface area is 207 Å². The van der Waals surface area contributed by atoms with E-state index in [0.29, 0.717) is 5.56 Å². The molecular formula is C25H27FN4O6. The maximum absolute atomic E-state index is 13.5. The van der Waals surface area contributed by atoms with Crippen molar-refractivity contribution in [2.45, 2.75) is 38.5 Å². The van der Waals surface area contributed by atoms with Crippen LogP contribution in [0.4, 0.5) is 4.39 Å². The first kappa shape index (κ1) is 26.6. The van der Waals surface area contributed by atoms with Crippen molar-refractivity contribution in [3.05, 3.63) is 65.7 Å². The minimum Gasteiger partial charge on any atom is -0.379 e. The number of hydrogen-bond donors (Lipinski definition) is 3. The standard InChI is InChI=1S/C25H27FN4O6/c1-13-20(25(35)30-23(13)33)22(32)21(14(2)36-3)29-19(31)12-17(15-8-5-4-6-9-15)28-24(34)16-10-7-11-18(26)27-16/h4-11,13-14,17,20-21H,12H2,1-3H3,(H,28,34)(H,29,31)(H,30,33,35)/t13-,14?,17-,20+,21?/m0/s1. The summed E-state index contributed by atoms with van der Waals surface area (Å²) >= 11 is 0. The van der Waals surface area contributed by atoms with Crippen LogP contribution < -0.4 is 16.0 Å². The molecule has 0 radical (unpaired) electrons. The second-order valence-electron chi connectivity index (χ2n) is 8.49. The summed E-state index contributed by atoms with van der Waals surface area (Å²) in [5.74, 6) is -6.22. The highest BCUT2D eigenvalue weighted by Gasteiger charge is 2.47. The van der Waals surface area contributed by atoms with Gasteiger partial charge in [0, 0.05) is 7.11 Å². The van der Waals surface area contributed by atoms with Crippen LogP contribution in [0.25, 0.3) is 0 Å². The molecular weight excluding hydrogens is 471 g/mol. The van der Waals surface area contributed by atoms with Gasteiger partial charge in [-0.25, -0.2) is 4.98 Å². The van der Waals surface area contributed by atoms with Crippen LogP contribution in [0, 0.1) is 17.8 Å². The number of rotatable bonds is 10. The second-order valence-corrected chi connectivity index (χ2v) is 8.49. The number of nitrogens with one attached hydrogen (secondary N) is 3. The summed E-state index contributed by atoms with van der Waals surface area (Å²) in [7, 11) is 1.35. The van der Waals surface area contributed by atoms with Crippen molar-refractivity contribution in [3.63, 3.8) is 0 Å². The Kier molecular flexibility index (Phi) is 8.59. The smallest absolute Gasteiger partial charge is 0.270 e. The molecule has 36 heavy (non-hydrogen) atoms. The van der Waals surface area contributed by atoms with Gasteiger partial charge in [-0.05, 0) is 24.6 Å². The van der Waals surface area contributed by atoms with Crippen molar-refractivity contribution in [1.82, 2.24) is 20.9 Å². The third-order valence-corrected chi connectivity index (χ3v) is 6.06. The third-order valence-electron chi connectivity index (χ3n) is 6.06. The third kappa shape index (κ3) is 6.16. The number of amides is 4. The lowest BCUT2D eigenvalue weighted by Gasteiger charge is -2.27. The first-order valence-electron chi connectivity index (χ1n) is 11.3. The number of ketones is 1. The van der Waals surface area contributed by atoms with Crippen LogP contribution in [0.1, 0.15) is 42.4 Å². The summed E-state index contributed by atoms with van der Waals surface area (Å²) in [6.45, 7) is 3.01. The van der Waals surface area contributed by atoms with Gasteiger partial charge in [0.2, 0.25) is 23.7 Å². The molecule has 1 aromatic heterocycles. The molecule has 1 saturated heterocycles. The van der Waals surface area contributed by atoms with Crippen molar-refractivity contribution in [1.29, 1.82) is 0 Å². The first-order chi connectivity index (χ1) is 17.1. The van der Waals surface area contributed by atoms with Crippen molar-refractivity contribution in [2.75, 3.05) is 7.11 Å². The molecule has 0 aliphatic carbocycles. The predicted octanol–water partition coefficient (Wildman–Crippen LogP) is 1.08. The fourth-order valence-electron chi connectivity index (χ4n) is 3.94. The van der Waals surface area contributed by atoms with Crippen molar-refractivity contribution in [2.24, 2.45) is 11.8 Å². The number of carbonyl (C=O) groups is 5. The molecule has 2 unspecified atom stereocenters. The number of benzene rings is 1. The zero-order valence-electron chi connectivity index (χ0n) is 20.0. The Morgan fingerprint density at radius 1 is 1.06 bits per heavy atom. The lowest BCUT2D eigenvalue weighted by molar-refractivity contribution is -0.139. The van der Waals surface area contributed by atoms with Gasteiger partial charge in [0.1, 0.15) is 17.7 Å². The van der Waals surface area contributed by atoms with E-state index in [0.717, 1.165) is 6.07 Å². The summed E-state index contributed by atoms with van der Waals surface area (Å²) in [5.41, 5.74) is 0.428. The normalized spacial score (nSPS) is 19.7. The Hall–Kier alpha value is -3.99. The van der Waals surface area contributed by atoms with Gasteiger partial charge in [0.25, 0.3) is 5.91 Å². The predicted molar refractivity (Wildman–Crippen MR) is 125 cm³/mol. The van der Waals surface area contributed by atoms with Gasteiger partial charge in [-0.1, -0.05) is 43.3 Å². The van der Waals surface area contributed by atoms with Crippen LogP contribution in [0.5, 0.6) is 0 Å². The van der Waals surface area contributed by atoms with E-state index in [1.54, 1.807) is 37.3 Å². The fourth-order valence-corrected chi connectivity index (χ4v) is 3.94. The molecule has 1 fully saturated rings. The number of aromatic nitrogens is 1. The number of halogens is 1. The number of ether oxygens (including phenoxy) is 1. The van der Waals surface area contributed by atoms with E-state index in [4.69, 9.17) is 4.74 Å². The minimum absolute atomic E-state index is 0.164. The topological polar surface area (TPSA) is 144 Å². The zero-order valence-corrected chi connectivity index (χ0v) is 20.0. The Morgan fingerprint density at radius 2 is 1.75 bits per heavy atom. The Morgan fingerprint density at radius 3 is 2.33 bits per heavy atom. The molecule has 1 aliphatic heterocycles. The maximum Gasteiger partial charge on any atom is 0.270 e. The second kappa shape index (κ2) is 11.6. The van der Waals surface area contributed by atoms with Gasteiger partial charge < -0.3 is 15.4 Å². The van der Waals surface area contributed by atoms with Gasteiger partial charge in [-0.15, -0.1) is 0 Å². The number of hydrogen-bond acceptors (Lipinski definition) is 7. The Balaban J connectivity index is 1.79. The van der Waals surface area contributed by atoms with E-state index in [9.17, 15) is 28.4 Å². The fraction of sp³-hybridized carbons (Fsp3) is 0.360. The molecule has 0 bridgehead atoms. The van der Waals surface area contributed by atoms with E-state index < -0.39 is 65.4 Å². The quantitative estimate of drug-likeness (QED) is 0.253. The maximum atomic E-state index is 13.5. The molecule has 0 spiro atoms. The largest absolute Gasteiger partial charge is 0.379 e. The number of pyridine rings is 1. The minimum atomic E-state index is -1.26. The first-order valence-corrected chi connectivity index (χ1v) is 11.3.